The van der Waals surface area contributed by atoms with Crippen LogP contribution in [0.2, 0.25) is 0 Å². The summed E-state index contributed by atoms with van der Waals surface area (Å²) in [5.41, 5.74) is 6.41. The zero-order valence-electron chi connectivity index (χ0n) is 18.3. The molecule has 7 heteroatoms. The predicted molar refractivity (Wildman–Crippen MR) is 131 cm³/mol. The molecule has 0 radical (unpaired) electrons. The first kappa shape index (κ1) is 22.0. The Morgan fingerprint density at radius 2 is 1.59 bits per heavy atom. The minimum atomic E-state index is -3.80. The molecule has 4 aromatic rings. The first-order chi connectivity index (χ1) is 15.3. The molecule has 0 saturated heterocycles. The number of rotatable bonds is 6. The first-order valence-corrected chi connectivity index (χ1v) is 12.4. The third-order valence-corrected chi connectivity index (χ3v) is 7.66. The minimum Gasteiger partial charge on any atom is -0.495 e. The monoisotopic (exact) mass is 464 g/mol. The lowest BCUT2D eigenvalue weighted by Gasteiger charge is -2.14. The Bertz CT molecular complexity index is 1370. The van der Waals surface area contributed by atoms with E-state index in [9.17, 15) is 8.42 Å². The van der Waals surface area contributed by atoms with Gasteiger partial charge < -0.3 is 4.74 Å². The van der Waals surface area contributed by atoms with Gasteiger partial charge in [0.15, 0.2) is 0 Å². The SMILES string of the molecule is COc1cc(C)c(C)cc1S(=O)(=O)Nc1ccc(-c2csc(-c3ccccc3C)n2)cc1. The van der Waals surface area contributed by atoms with E-state index < -0.39 is 10.0 Å². The van der Waals surface area contributed by atoms with Crippen molar-refractivity contribution in [2.45, 2.75) is 25.7 Å². The van der Waals surface area contributed by atoms with Crippen molar-refractivity contribution in [1.82, 2.24) is 4.98 Å². The molecule has 5 nitrogen and oxygen atoms in total. The lowest BCUT2D eigenvalue weighted by Crippen LogP contribution is -2.14. The molecule has 0 unspecified atom stereocenters. The van der Waals surface area contributed by atoms with Crippen LogP contribution in [0, 0.1) is 20.8 Å². The van der Waals surface area contributed by atoms with Crippen LogP contribution in [0.4, 0.5) is 5.69 Å². The first-order valence-electron chi connectivity index (χ1n) is 10.1. The average molecular weight is 465 g/mol. The molecule has 1 aromatic heterocycles. The highest BCUT2D eigenvalue weighted by Crippen LogP contribution is 2.32. The van der Waals surface area contributed by atoms with E-state index in [0.29, 0.717) is 11.4 Å². The number of ether oxygens (including phenoxy) is 1. The van der Waals surface area contributed by atoms with E-state index >= 15 is 0 Å². The van der Waals surface area contributed by atoms with E-state index in [1.54, 1.807) is 35.6 Å². The Hall–Kier alpha value is -3.16. The second-order valence-electron chi connectivity index (χ2n) is 7.62. The molecule has 0 spiro atoms. The third kappa shape index (κ3) is 4.40. The molecular weight excluding hydrogens is 440 g/mol. The molecular formula is C25H24N2O3S2. The maximum atomic E-state index is 13.0. The summed E-state index contributed by atoms with van der Waals surface area (Å²) >= 11 is 1.59. The van der Waals surface area contributed by atoms with Gasteiger partial charge in [0, 0.05) is 22.2 Å². The van der Waals surface area contributed by atoms with Gasteiger partial charge >= 0.3 is 0 Å². The molecule has 164 valence electrons. The number of nitrogens with zero attached hydrogens (tertiary/aromatic N) is 1. The van der Waals surface area contributed by atoms with Crippen LogP contribution in [0.25, 0.3) is 21.8 Å². The Morgan fingerprint density at radius 3 is 2.28 bits per heavy atom. The van der Waals surface area contributed by atoms with Crippen molar-refractivity contribution in [3.63, 3.8) is 0 Å². The summed E-state index contributed by atoms with van der Waals surface area (Å²) in [5.74, 6) is 0.323. The molecule has 4 rings (SSSR count). The number of nitrogens with one attached hydrogen (secondary N) is 1. The highest BCUT2D eigenvalue weighted by molar-refractivity contribution is 7.92. The summed E-state index contributed by atoms with van der Waals surface area (Å²) in [5, 5.41) is 2.98. The van der Waals surface area contributed by atoms with Gasteiger partial charge in [-0.2, -0.15) is 0 Å². The second-order valence-corrected chi connectivity index (χ2v) is 10.1. The molecule has 32 heavy (non-hydrogen) atoms. The number of hydrogen-bond acceptors (Lipinski definition) is 5. The topological polar surface area (TPSA) is 68.3 Å². The molecule has 0 amide bonds. The average Bonchev–Trinajstić information content (AvgIpc) is 3.26. The van der Waals surface area contributed by atoms with Crippen molar-refractivity contribution < 1.29 is 13.2 Å². The van der Waals surface area contributed by atoms with Crippen molar-refractivity contribution >= 4 is 27.0 Å². The van der Waals surface area contributed by atoms with Gasteiger partial charge in [0.1, 0.15) is 15.7 Å². The molecule has 1 heterocycles. The van der Waals surface area contributed by atoms with Crippen molar-refractivity contribution in [3.05, 3.63) is 82.7 Å². The summed E-state index contributed by atoms with van der Waals surface area (Å²) in [4.78, 5) is 4.89. The van der Waals surface area contributed by atoms with Gasteiger partial charge in [0.2, 0.25) is 0 Å². The zero-order valence-corrected chi connectivity index (χ0v) is 20.0. The van der Waals surface area contributed by atoms with Crippen molar-refractivity contribution in [2.24, 2.45) is 0 Å². The largest absolute Gasteiger partial charge is 0.495 e. The number of aromatic nitrogens is 1. The highest BCUT2D eigenvalue weighted by Gasteiger charge is 2.21. The van der Waals surface area contributed by atoms with Gasteiger partial charge in [0.25, 0.3) is 10.0 Å². The third-order valence-electron chi connectivity index (χ3n) is 5.38. The van der Waals surface area contributed by atoms with Crippen LogP contribution in [0.15, 0.2) is 70.9 Å². The maximum absolute atomic E-state index is 13.0. The summed E-state index contributed by atoms with van der Waals surface area (Å²) in [7, 11) is -2.33. The quantitative estimate of drug-likeness (QED) is 0.368. The van der Waals surface area contributed by atoms with E-state index in [0.717, 1.165) is 33.0 Å². The Labute approximate surface area is 192 Å². The van der Waals surface area contributed by atoms with Crippen LogP contribution in [0.5, 0.6) is 5.75 Å². The fourth-order valence-corrected chi connectivity index (χ4v) is 5.61. The minimum absolute atomic E-state index is 0.120. The maximum Gasteiger partial charge on any atom is 0.265 e. The van der Waals surface area contributed by atoms with E-state index in [-0.39, 0.29) is 4.90 Å². The van der Waals surface area contributed by atoms with Gasteiger partial charge in [-0.05, 0) is 61.7 Å². The molecule has 0 aliphatic rings. The number of anilines is 1. The number of sulfonamides is 1. The Balaban J connectivity index is 1.58. The summed E-state index contributed by atoms with van der Waals surface area (Å²) in [6.45, 7) is 5.87. The van der Waals surface area contributed by atoms with Crippen LogP contribution in [0.1, 0.15) is 16.7 Å². The highest BCUT2D eigenvalue weighted by atomic mass is 32.2. The molecule has 0 saturated carbocycles. The van der Waals surface area contributed by atoms with Crippen LogP contribution in [-0.2, 0) is 10.0 Å². The van der Waals surface area contributed by atoms with E-state index in [1.165, 1.54) is 12.7 Å². The van der Waals surface area contributed by atoms with Gasteiger partial charge in [-0.15, -0.1) is 11.3 Å². The fraction of sp³-hybridized carbons (Fsp3) is 0.160. The molecule has 0 aliphatic heterocycles. The molecule has 1 N–H and O–H groups in total. The van der Waals surface area contributed by atoms with E-state index in [2.05, 4.69) is 23.8 Å². The lowest BCUT2D eigenvalue weighted by molar-refractivity contribution is 0.402. The standard InChI is InChI=1S/C25H24N2O3S2/c1-16-7-5-6-8-21(16)25-26-22(15-31-25)19-9-11-20(12-10-19)27-32(28,29)24-14-18(3)17(2)13-23(24)30-4/h5-15,27H,1-4H3. The van der Waals surface area contributed by atoms with E-state index in [4.69, 9.17) is 9.72 Å². The lowest BCUT2D eigenvalue weighted by atomic mass is 10.1. The number of hydrogen-bond donors (Lipinski definition) is 1. The number of thiazole rings is 1. The van der Waals surface area contributed by atoms with Gasteiger partial charge in [-0.1, -0.05) is 36.4 Å². The van der Waals surface area contributed by atoms with Gasteiger partial charge in [0.05, 0.1) is 12.8 Å². The summed E-state index contributed by atoms with van der Waals surface area (Å²) in [6.07, 6.45) is 0. The van der Waals surface area contributed by atoms with Crippen molar-refractivity contribution in [3.8, 4) is 27.6 Å². The molecule has 0 bridgehead atoms. The zero-order chi connectivity index (χ0) is 22.9. The molecule has 0 aliphatic carbocycles. The summed E-state index contributed by atoms with van der Waals surface area (Å²) in [6, 6.07) is 18.8. The van der Waals surface area contributed by atoms with Crippen LogP contribution < -0.4 is 9.46 Å². The second kappa shape index (κ2) is 8.76. The molecule has 0 fully saturated rings. The van der Waals surface area contributed by atoms with Crippen LogP contribution >= 0.6 is 11.3 Å². The Morgan fingerprint density at radius 1 is 0.906 bits per heavy atom. The number of benzene rings is 3. The number of aryl methyl sites for hydroxylation is 3. The Kier molecular flexibility index (Phi) is 6.04. The smallest absolute Gasteiger partial charge is 0.265 e. The fourth-order valence-electron chi connectivity index (χ4n) is 3.39. The molecule has 0 atom stereocenters. The van der Waals surface area contributed by atoms with Crippen molar-refractivity contribution in [1.29, 1.82) is 0 Å². The van der Waals surface area contributed by atoms with Crippen LogP contribution in [0.3, 0.4) is 0 Å². The summed E-state index contributed by atoms with van der Waals surface area (Å²) < 4.78 is 33.9. The number of methoxy groups -OCH3 is 1. The van der Waals surface area contributed by atoms with Gasteiger partial charge in [-0.25, -0.2) is 13.4 Å². The van der Waals surface area contributed by atoms with E-state index in [1.807, 2.05) is 43.5 Å². The normalized spacial score (nSPS) is 11.4. The van der Waals surface area contributed by atoms with Gasteiger partial charge in [-0.3, -0.25) is 4.72 Å². The van der Waals surface area contributed by atoms with Crippen LogP contribution in [-0.4, -0.2) is 20.5 Å². The van der Waals surface area contributed by atoms with Crippen molar-refractivity contribution in [2.75, 3.05) is 11.8 Å². The predicted octanol–water partition coefficient (Wildman–Crippen LogP) is 6.21. The molecule has 3 aromatic carbocycles.